The summed E-state index contributed by atoms with van der Waals surface area (Å²) in [5, 5.41) is 9.67. The molecule has 0 N–H and O–H groups in total. The zero-order valence-electron chi connectivity index (χ0n) is 14.8. The number of allylic oxidation sites excluding steroid dienone is 4. The Morgan fingerprint density at radius 2 is 1.76 bits per heavy atom. The molecule has 0 amide bonds. The van der Waals surface area contributed by atoms with Gasteiger partial charge in [-0.2, -0.15) is 5.26 Å². The summed E-state index contributed by atoms with van der Waals surface area (Å²) < 4.78 is 26.0. The molecule has 0 saturated carbocycles. The number of likely N-dealkylation sites (tertiary alicyclic amines) is 1. The third-order valence-corrected chi connectivity index (χ3v) is 6.68. The van der Waals surface area contributed by atoms with Crippen LogP contribution in [0.4, 0.5) is 0 Å². The first-order valence-electron chi connectivity index (χ1n) is 8.72. The second-order valence-corrected chi connectivity index (χ2v) is 9.52. The van der Waals surface area contributed by atoms with E-state index in [2.05, 4.69) is 18.7 Å². The van der Waals surface area contributed by atoms with Gasteiger partial charge >= 0.3 is 0 Å². The van der Waals surface area contributed by atoms with Crippen LogP contribution in [0.2, 0.25) is 0 Å². The Morgan fingerprint density at radius 1 is 1.12 bits per heavy atom. The normalized spacial score (nSPS) is 22.3. The number of rotatable bonds is 3. The molecule has 3 rings (SSSR count). The van der Waals surface area contributed by atoms with E-state index >= 15 is 0 Å². The van der Waals surface area contributed by atoms with Gasteiger partial charge in [-0.3, -0.25) is 0 Å². The fourth-order valence-electron chi connectivity index (χ4n) is 3.75. The van der Waals surface area contributed by atoms with Gasteiger partial charge in [-0.05, 0) is 54.9 Å². The minimum Gasteiger partial charge on any atom is -0.375 e. The number of nitrogens with zero attached hydrogens (tertiary/aromatic N) is 2. The molecule has 1 aromatic carbocycles. The average molecular weight is 356 g/mol. The first-order chi connectivity index (χ1) is 11.8. The maximum Gasteiger partial charge on any atom is 0.216 e. The highest BCUT2D eigenvalue weighted by molar-refractivity contribution is 7.95. The molecule has 1 aliphatic carbocycles. The first kappa shape index (κ1) is 17.8. The van der Waals surface area contributed by atoms with Crippen molar-refractivity contribution in [3.8, 4) is 6.07 Å². The highest BCUT2D eigenvalue weighted by Crippen LogP contribution is 2.42. The van der Waals surface area contributed by atoms with Crippen LogP contribution in [0.15, 0.2) is 57.5 Å². The molecule has 1 aromatic rings. The van der Waals surface area contributed by atoms with Crippen molar-refractivity contribution in [2.24, 2.45) is 5.41 Å². The van der Waals surface area contributed by atoms with Crippen LogP contribution in [-0.2, 0) is 9.84 Å². The van der Waals surface area contributed by atoms with Crippen molar-refractivity contribution in [1.29, 1.82) is 5.26 Å². The predicted octanol–water partition coefficient (Wildman–Crippen LogP) is 4.04. The molecule has 5 heteroatoms. The van der Waals surface area contributed by atoms with Gasteiger partial charge in [-0.15, -0.1) is 0 Å². The molecule has 0 radical (unpaired) electrons. The van der Waals surface area contributed by atoms with Gasteiger partial charge < -0.3 is 4.90 Å². The number of nitriles is 1. The molecule has 25 heavy (non-hydrogen) atoms. The summed E-state index contributed by atoms with van der Waals surface area (Å²) in [5.74, 6) is 0. The lowest BCUT2D eigenvalue weighted by atomic mass is 9.77. The maximum absolute atomic E-state index is 13.0. The van der Waals surface area contributed by atoms with Gasteiger partial charge in [0, 0.05) is 18.8 Å². The summed E-state index contributed by atoms with van der Waals surface area (Å²) in [7, 11) is -3.79. The Labute approximate surface area is 150 Å². The minimum absolute atomic E-state index is 0.0592. The van der Waals surface area contributed by atoms with E-state index in [0.29, 0.717) is 12.0 Å². The molecular weight excluding hydrogens is 332 g/mol. The van der Waals surface area contributed by atoms with E-state index in [4.69, 9.17) is 0 Å². The number of benzene rings is 1. The molecule has 0 aromatic heterocycles. The Bertz CT molecular complexity index is 853. The number of hydrogen-bond donors (Lipinski definition) is 0. The average Bonchev–Trinajstić information content (AvgIpc) is 3.09. The van der Waals surface area contributed by atoms with E-state index in [0.717, 1.165) is 19.5 Å². The van der Waals surface area contributed by atoms with Crippen LogP contribution in [0, 0.1) is 16.7 Å². The summed E-state index contributed by atoms with van der Waals surface area (Å²) in [6.07, 6.45) is 5.81. The topological polar surface area (TPSA) is 61.2 Å². The maximum atomic E-state index is 13.0. The van der Waals surface area contributed by atoms with Crippen LogP contribution in [0.5, 0.6) is 0 Å². The second kappa shape index (κ2) is 6.68. The monoisotopic (exact) mass is 356 g/mol. The van der Waals surface area contributed by atoms with Gasteiger partial charge in [-0.1, -0.05) is 32.0 Å². The van der Waals surface area contributed by atoms with Gasteiger partial charge in [0.2, 0.25) is 9.84 Å². The molecule has 1 fully saturated rings. The third kappa shape index (κ3) is 3.64. The molecule has 4 nitrogen and oxygen atoms in total. The molecule has 1 aliphatic heterocycles. The lowest BCUT2D eigenvalue weighted by molar-refractivity contribution is 0.290. The Balaban J connectivity index is 2.11. The van der Waals surface area contributed by atoms with Crippen LogP contribution in [0.25, 0.3) is 0 Å². The summed E-state index contributed by atoms with van der Waals surface area (Å²) in [6, 6.07) is 10.2. The molecule has 0 unspecified atom stereocenters. The van der Waals surface area contributed by atoms with Crippen LogP contribution in [-0.4, -0.2) is 26.4 Å². The Morgan fingerprint density at radius 3 is 2.36 bits per heavy atom. The van der Waals surface area contributed by atoms with Crippen molar-refractivity contribution in [1.82, 2.24) is 4.90 Å². The van der Waals surface area contributed by atoms with E-state index in [1.165, 1.54) is 18.5 Å². The fourth-order valence-corrected chi connectivity index (χ4v) is 5.09. The van der Waals surface area contributed by atoms with Crippen molar-refractivity contribution in [3.05, 3.63) is 52.6 Å². The molecule has 1 heterocycles. The van der Waals surface area contributed by atoms with Crippen molar-refractivity contribution >= 4 is 9.84 Å². The van der Waals surface area contributed by atoms with Crippen molar-refractivity contribution in [2.45, 2.75) is 44.4 Å². The van der Waals surface area contributed by atoms with E-state index in [-0.39, 0.29) is 15.2 Å². The highest BCUT2D eigenvalue weighted by atomic mass is 32.2. The van der Waals surface area contributed by atoms with Crippen LogP contribution in [0.3, 0.4) is 0 Å². The summed E-state index contributed by atoms with van der Waals surface area (Å²) >= 11 is 0. The van der Waals surface area contributed by atoms with Gasteiger partial charge in [0.15, 0.2) is 4.91 Å². The standard InChI is InChI=1S/C20H24N2O2S/c1-20(2)13-16(12-17(14-20)22-10-6-7-11-22)19(15-21)25(23,24)18-8-4-3-5-9-18/h3-5,8-9,12H,6-7,10-11,13-14H2,1-2H3. The van der Waals surface area contributed by atoms with Gasteiger partial charge in [0.05, 0.1) is 4.90 Å². The zero-order chi connectivity index (χ0) is 18.1. The highest BCUT2D eigenvalue weighted by Gasteiger charge is 2.33. The minimum atomic E-state index is -3.79. The Hall–Kier alpha value is -2.06. The molecule has 2 aliphatic rings. The van der Waals surface area contributed by atoms with E-state index < -0.39 is 9.84 Å². The number of sulfone groups is 1. The molecule has 132 valence electrons. The quantitative estimate of drug-likeness (QED) is 0.767. The van der Waals surface area contributed by atoms with Gasteiger partial charge in [-0.25, -0.2) is 8.42 Å². The fraction of sp³-hybridized carbons (Fsp3) is 0.450. The van der Waals surface area contributed by atoms with E-state index in [9.17, 15) is 13.7 Å². The van der Waals surface area contributed by atoms with Crippen LogP contribution < -0.4 is 0 Å². The smallest absolute Gasteiger partial charge is 0.216 e. The van der Waals surface area contributed by atoms with E-state index in [1.807, 2.05) is 12.1 Å². The second-order valence-electron chi connectivity index (χ2n) is 7.63. The molecular formula is C20H24N2O2S. The zero-order valence-corrected chi connectivity index (χ0v) is 15.6. The third-order valence-electron chi connectivity index (χ3n) is 4.90. The number of hydrogen-bond acceptors (Lipinski definition) is 4. The summed E-state index contributed by atoms with van der Waals surface area (Å²) in [6.45, 7) is 6.31. The van der Waals surface area contributed by atoms with Gasteiger partial charge in [0.25, 0.3) is 0 Å². The largest absolute Gasteiger partial charge is 0.375 e. The summed E-state index contributed by atoms with van der Waals surface area (Å²) in [5.41, 5.74) is 1.75. The lowest BCUT2D eigenvalue weighted by Gasteiger charge is -2.35. The van der Waals surface area contributed by atoms with E-state index in [1.54, 1.807) is 30.3 Å². The summed E-state index contributed by atoms with van der Waals surface area (Å²) in [4.78, 5) is 2.41. The molecule has 0 bridgehead atoms. The van der Waals surface area contributed by atoms with Crippen molar-refractivity contribution in [2.75, 3.05) is 13.1 Å². The van der Waals surface area contributed by atoms with Crippen molar-refractivity contribution in [3.63, 3.8) is 0 Å². The van der Waals surface area contributed by atoms with Crippen molar-refractivity contribution < 1.29 is 8.42 Å². The van der Waals surface area contributed by atoms with Gasteiger partial charge in [0.1, 0.15) is 6.07 Å². The predicted molar refractivity (Wildman–Crippen MR) is 98.2 cm³/mol. The Kier molecular flexibility index (Phi) is 4.75. The first-order valence-corrected chi connectivity index (χ1v) is 10.2. The van der Waals surface area contributed by atoms with Crippen LogP contribution >= 0.6 is 0 Å². The molecule has 1 saturated heterocycles. The molecule has 0 atom stereocenters. The SMILES string of the molecule is CC1(C)CC(N2CCCC2)=CC(=C(C#N)S(=O)(=O)c2ccccc2)C1. The lowest BCUT2D eigenvalue weighted by Crippen LogP contribution is -2.28. The molecule has 0 spiro atoms. The van der Waals surface area contributed by atoms with Crippen LogP contribution in [0.1, 0.15) is 39.5 Å².